The van der Waals surface area contributed by atoms with Crippen LogP contribution in [0.1, 0.15) is 39.0 Å². The Morgan fingerprint density at radius 3 is 2.08 bits per heavy atom. The van der Waals surface area contributed by atoms with Crippen molar-refractivity contribution in [3.8, 4) is 0 Å². The summed E-state index contributed by atoms with van der Waals surface area (Å²) in [4.78, 5) is 24.8. The Labute approximate surface area is 76.1 Å². The molecular formula is C9H12N2O2. The van der Waals surface area contributed by atoms with E-state index in [1.165, 1.54) is 6.92 Å². The number of rotatable bonds is 2. The van der Waals surface area contributed by atoms with E-state index in [4.69, 9.17) is 5.73 Å². The number of hydrogen-bond donors (Lipinski definition) is 2. The van der Waals surface area contributed by atoms with Crippen molar-refractivity contribution in [2.75, 3.05) is 0 Å². The first-order chi connectivity index (χ1) is 5.95. The summed E-state index contributed by atoms with van der Waals surface area (Å²) < 4.78 is 0. The molecule has 0 aliphatic rings. The Bertz CT molecular complexity index is 377. The third-order valence-corrected chi connectivity index (χ3v) is 2.04. The van der Waals surface area contributed by atoms with Crippen LogP contribution in [0.4, 0.5) is 0 Å². The predicted octanol–water partition coefficient (Wildman–Crippen LogP) is 0.933. The van der Waals surface area contributed by atoms with Crippen LogP contribution in [0, 0.1) is 13.8 Å². The second-order valence-corrected chi connectivity index (χ2v) is 3.05. The van der Waals surface area contributed by atoms with Gasteiger partial charge in [0.1, 0.15) is 5.69 Å². The number of aromatic amines is 1. The van der Waals surface area contributed by atoms with Crippen molar-refractivity contribution >= 4 is 11.7 Å². The Kier molecular flexibility index (Phi) is 2.23. The molecular weight excluding hydrogens is 168 g/mol. The van der Waals surface area contributed by atoms with Crippen molar-refractivity contribution < 1.29 is 9.59 Å². The first kappa shape index (κ1) is 9.51. The Morgan fingerprint density at radius 2 is 1.85 bits per heavy atom. The van der Waals surface area contributed by atoms with E-state index in [2.05, 4.69) is 4.98 Å². The molecule has 13 heavy (non-hydrogen) atoms. The van der Waals surface area contributed by atoms with E-state index in [0.717, 1.165) is 0 Å². The number of amides is 1. The van der Waals surface area contributed by atoms with Crippen LogP contribution in [-0.2, 0) is 0 Å². The Hall–Kier alpha value is -1.58. The van der Waals surface area contributed by atoms with Gasteiger partial charge in [0.2, 0.25) is 0 Å². The maximum atomic E-state index is 11.2. The molecule has 0 fully saturated rings. The smallest absolute Gasteiger partial charge is 0.265 e. The van der Waals surface area contributed by atoms with E-state index in [1.807, 2.05) is 0 Å². The van der Waals surface area contributed by atoms with Crippen LogP contribution in [0.5, 0.6) is 0 Å². The van der Waals surface area contributed by atoms with Crippen molar-refractivity contribution in [3.63, 3.8) is 0 Å². The molecule has 1 rings (SSSR count). The predicted molar refractivity (Wildman–Crippen MR) is 48.8 cm³/mol. The fourth-order valence-electron chi connectivity index (χ4n) is 1.52. The molecule has 1 aromatic rings. The number of aromatic nitrogens is 1. The van der Waals surface area contributed by atoms with Gasteiger partial charge >= 0.3 is 0 Å². The van der Waals surface area contributed by atoms with Gasteiger partial charge in [-0.05, 0) is 26.3 Å². The molecule has 3 N–H and O–H groups in total. The minimum absolute atomic E-state index is 0.0567. The lowest BCUT2D eigenvalue weighted by Gasteiger charge is -1.94. The summed E-state index contributed by atoms with van der Waals surface area (Å²) in [6.45, 7) is 4.92. The summed E-state index contributed by atoms with van der Waals surface area (Å²) in [6.07, 6.45) is 0. The molecule has 0 bridgehead atoms. The topological polar surface area (TPSA) is 75.9 Å². The van der Waals surface area contributed by atoms with E-state index >= 15 is 0 Å². The molecule has 1 heterocycles. The summed E-state index contributed by atoms with van der Waals surface area (Å²) in [5.41, 5.74) is 7.33. The Morgan fingerprint density at radius 1 is 1.31 bits per heavy atom. The molecule has 0 aliphatic carbocycles. The van der Waals surface area contributed by atoms with Crippen molar-refractivity contribution in [3.05, 3.63) is 22.5 Å². The summed E-state index contributed by atoms with van der Waals surface area (Å²) in [5.74, 6) is -0.591. The van der Waals surface area contributed by atoms with Gasteiger partial charge in [-0.25, -0.2) is 0 Å². The van der Waals surface area contributed by atoms with Gasteiger partial charge in [0.25, 0.3) is 5.91 Å². The monoisotopic (exact) mass is 180 g/mol. The van der Waals surface area contributed by atoms with Crippen molar-refractivity contribution in [2.24, 2.45) is 5.73 Å². The standard InChI is InChI=1S/C9H12N2O2/c1-4-7(6(3)12)5(2)11-8(4)9(10)13/h11H,1-3H3,(H2,10,13). The average molecular weight is 180 g/mol. The summed E-state index contributed by atoms with van der Waals surface area (Å²) in [6, 6.07) is 0. The minimum Gasteiger partial charge on any atom is -0.364 e. The second kappa shape index (κ2) is 3.05. The molecule has 1 amide bonds. The van der Waals surface area contributed by atoms with Crippen LogP contribution in [0.25, 0.3) is 0 Å². The SMILES string of the molecule is CC(=O)c1c(C)[nH]c(C(N)=O)c1C. The van der Waals surface area contributed by atoms with Gasteiger partial charge < -0.3 is 10.7 Å². The fourth-order valence-corrected chi connectivity index (χ4v) is 1.52. The van der Waals surface area contributed by atoms with Crippen LogP contribution in [0.2, 0.25) is 0 Å². The minimum atomic E-state index is -0.534. The van der Waals surface area contributed by atoms with E-state index in [9.17, 15) is 9.59 Å². The summed E-state index contributed by atoms with van der Waals surface area (Å²) in [7, 11) is 0. The molecule has 4 heteroatoms. The van der Waals surface area contributed by atoms with E-state index in [-0.39, 0.29) is 5.78 Å². The van der Waals surface area contributed by atoms with Crippen LogP contribution in [0.15, 0.2) is 0 Å². The van der Waals surface area contributed by atoms with Gasteiger partial charge in [-0.3, -0.25) is 9.59 Å². The molecule has 0 saturated carbocycles. The first-order valence-corrected chi connectivity index (χ1v) is 3.95. The molecule has 0 aliphatic heterocycles. The van der Waals surface area contributed by atoms with Gasteiger partial charge in [-0.1, -0.05) is 0 Å². The summed E-state index contributed by atoms with van der Waals surface area (Å²) in [5, 5.41) is 0. The maximum absolute atomic E-state index is 11.2. The molecule has 0 spiro atoms. The molecule has 0 radical (unpaired) electrons. The number of H-pyrrole nitrogens is 1. The number of carbonyl (C=O) groups is 2. The third-order valence-electron chi connectivity index (χ3n) is 2.04. The number of hydrogen-bond acceptors (Lipinski definition) is 2. The lowest BCUT2D eigenvalue weighted by Crippen LogP contribution is -2.13. The molecule has 0 atom stereocenters. The van der Waals surface area contributed by atoms with Crippen molar-refractivity contribution in [1.29, 1.82) is 0 Å². The fraction of sp³-hybridized carbons (Fsp3) is 0.333. The van der Waals surface area contributed by atoms with Crippen molar-refractivity contribution in [2.45, 2.75) is 20.8 Å². The molecule has 0 saturated heterocycles. The van der Waals surface area contributed by atoms with E-state index in [0.29, 0.717) is 22.5 Å². The van der Waals surface area contributed by atoms with Crippen LogP contribution in [-0.4, -0.2) is 16.7 Å². The zero-order chi connectivity index (χ0) is 10.2. The van der Waals surface area contributed by atoms with Crippen molar-refractivity contribution in [1.82, 2.24) is 4.98 Å². The van der Waals surface area contributed by atoms with Gasteiger partial charge in [-0.2, -0.15) is 0 Å². The average Bonchev–Trinajstić information content (AvgIpc) is 2.26. The van der Waals surface area contributed by atoms with Crippen LogP contribution >= 0.6 is 0 Å². The maximum Gasteiger partial charge on any atom is 0.265 e. The van der Waals surface area contributed by atoms with E-state index in [1.54, 1.807) is 13.8 Å². The molecule has 1 aromatic heterocycles. The van der Waals surface area contributed by atoms with Gasteiger partial charge in [0, 0.05) is 11.3 Å². The Balaban J connectivity index is 3.39. The molecule has 4 nitrogen and oxygen atoms in total. The lowest BCUT2D eigenvalue weighted by atomic mass is 10.1. The highest BCUT2D eigenvalue weighted by molar-refractivity contribution is 6.02. The number of carbonyl (C=O) groups excluding carboxylic acids is 2. The largest absolute Gasteiger partial charge is 0.364 e. The highest BCUT2D eigenvalue weighted by Gasteiger charge is 2.17. The lowest BCUT2D eigenvalue weighted by molar-refractivity contribution is 0.0994. The van der Waals surface area contributed by atoms with Gasteiger partial charge in [0.15, 0.2) is 5.78 Å². The van der Waals surface area contributed by atoms with Crippen LogP contribution in [0.3, 0.4) is 0 Å². The second-order valence-electron chi connectivity index (χ2n) is 3.05. The first-order valence-electron chi connectivity index (χ1n) is 3.95. The molecule has 70 valence electrons. The number of nitrogens with two attached hydrogens (primary N) is 1. The van der Waals surface area contributed by atoms with Gasteiger partial charge in [-0.15, -0.1) is 0 Å². The normalized spacial score (nSPS) is 10.1. The molecule has 0 unspecified atom stereocenters. The quantitative estimate of drug-likeness (QED) is 0.664. The number of Topliss-reactive ketones (excluding diaryl/α,β-unsaturated/α-hetero) is 1. The third kappa shape index (κ3) is 1.47. The highest BCUT2D eigenvalue weighted by Crippen LogP contribution is 2.17. The highest BCUT2D eigenvalue weighted by atomic mass is 16.1. The number of primary amides is 1. The van der Waals surface area contributed by atoms with Crippen LogP contribution < -0.4 is 5.73 Å². The van der Waals surface area contributed by atoms with E-state index < -0.39 is 5.91 Å². The van der Waals surface area contributed by atoms with Gasteiger partial charge in [0.05, 0.1) is 0 Å². The number of ketones is 1. The molecule has 0 aromatic carbocycles. The summed E-state index contributed by atoms with van der Waals surface area (Å²) >= 11 is 0. The zero-order valence-electron chi connectivity index (χ0n) is 7.89. The number of aryl methyl sites for hydroxylation is 1. The zero-order valence-corrected chi connectivity index (χ0v) is 7.89. The number of nitrogens with one attached hydrogen (secondary N) is 1.